The monoisotopic (exact) mass is 426 g/mol. The molecular formula is C17H16Cl2N4O3S. The van der Waals surface area contributed by atoms with Crippen molar-refractivity contribution < 1.29 is 8.42 Å². The number of hydrogen-bond acceptors (Lipinski definition) is 5. The molecule has 2 aromatic carbocycles. The van der Waals surface area contributed by atoms with Crippen LogP contribution in [0.5, 0.6) is 0 Å². The molecule has 0 aliphatic rings. The highest BCUT2D eigenvalue weighted by Gasteiger charge is 2.14. The lowest BCUT2D eigenvalue weighted by molar-refractivity contribution is 0.580. The summed E-state index contributed by atoms with van der Waals surface area (Å²) in [4.78, 5) is 11.8. The number of hydrogen-bond donors (Lipinski definition) is 3. The number of nitrogens with zero attached hydrogens (tertiary/aromatic N) is 1. The third kappa shape index (κ3) is 4.59. The summed E-state index contributed by atoms with van der Waals surface area (Å²) < 4.78 is 27.0. The van der Waals surface area contributed by atoms with E-state index in [9.17, 15) is 13.2 Å². The summed E-state index contributed by atoms with van der Waals surface area (Å²) in [5.74, 6) is 0.539. The van der Waals surface area contributed by atoms with Crippen LogP contribution in [-0.2, 0) is 10.0 Å². The zero-order valence-electron chi connectivity index (χ0n) is 14.0. The first-order valence-electron chi connectivity index (χ1n) is 8.04. The van der Waals surface area contributed by atoms with Gasteiger partial charge in [0, 0.05) is 18.5 Å². The van der Waals surface area contributed by atoms with Crippen LogP contribution in [0.2, 0.25) is 10.0 Å². The van der Waals surface area contributed by atoms with Gasteiger partial charge in [-0.25, -0.2) is 18.2 Å². The van der Waals surface area contributed by atoms with Crippen molar-refractivity contribution in [1.29, 1.82) is 0 Å². The summed E-state index contributed by atoms with van der Waals surface area (Å²) in [6.45, 7) is 0.684. The Morgan fingerprint density at radius 1 is 1.00 bits per heavy atom. The van der Waals surface area contributed by atoms with Crippen LogP contribution in [-0.4, -0.2) is 31.7 Å². The first-order valence-corrected chi connectivity index (χ1v) is 10.3. The van der Waals surface area contributed by atoms with Crippen molar-refractivity contribution >= 4 is 49.8 Å². The molecule has 7 nitrogen and oxygen atoms in total. The average Bonchev–Trinajstić information content (AvgIpc) is 2.65. The molecule has 0 fully saturated rings. The number of fused-ring (bicyclic) bond motifs is 1. The van der Waals surface area contributed by atoms with E-state index in [-0.39, 0.29) is 22.0 Å². The fraction of sp³-hybridized carbons (Fsp3) is 0.176. The maximum absolute atomic E-state index is 12.3. The van der Waals surface area contributed by atoms with Crippen molar-refractivity contribution in [3.8, 4) is 0 Å². The molecule has 0 bridgehead atoms. The predicted octanol–water partition coefficient (Wildman–Crippen LogP) is 3.01. The number of H-pyrrole nitrogens is 1. The molecule has 3 rings (SSSR count). The van der Waals surface area contributed by atoms with E-state index >= 15 is 0 Å². The zero-order chi connectivity index (χ0) is 19.4. The van der Waals surface area contributed by atoms with E-state index < -0.39 is 10.0 Å². The lowest BCUT2D eigenvalue weighted by Gasteiger charge is -2.09. The standard InChI is InChI=1S/C17H16Cl2N4O3S/c18-14-7-6-11(10-15(14)19)27(25,26)21-9-3-8-20-16-12-4-1-2-5-13(12)17(24)23-22-16/h1-2,4-7,10,21H,3,8-9H2,(H,20,22)(H,23,24). The Hall–Kier alpha value is -2.13. The summed E-state index contributed by atoms with van der Waals surface area (Å²) in [7, 11) is -3.67. The van der Waals surface area contributed by atoms with E-state index in [1.165, 1.54) is 18.2 Å². The van der Waals surface area contributed by atoms with Crippen LogP contribution in [0, 0.1) is 0 Å². The summed E-state index contributed by atoms with van der Waals surface area (Å²) in [6.07, 6.45) is 0.510. The molecular weight excluding hydrogens is 411 g/mol. The normalized spacial score (nSPS) is 11.6. The minimum Gasteiger partial charge on any atom is -0.368 e. The van der Waals surface area contributed by atoms with Crippen LogP contribution in [0.3, 0.4) is 0 Å². The molecule has 0 aliphatic carbocycles. The quantitative estimate of drug-likeness (QED) is 0.503. The molecule has 3 N–H and O–H groups in total. The highest BCUT2D eigenvalue weighted by molar-refractivity contribution is 7.89. The second-order valence-corrected chi connectivity index (χ2v) is 8.28. The largest absolute Gasteiger partial charge is 0.368 e. The Morgan fingerprint density at radius 3 is 2.48 bits per heavy atom. The SMILES string of the molecule is O=c1[nH]nc(NCCCNS(=O)(=O)c2ccc(Cl)c(Cl)c2)c2ccccc12. The van der Waals surface area contributed by atoms with Gasteiger partial charge < -0.3 is 5.32 Å². The number of halogens is 2. The molecule has 10 heteroatoms. The molecule has 27 heavy (non-hydrogen) atoms. The van der Waals surface area contributed by atoms with Crippen molar-refractivity contribution in [1.82, 2.24) is 14.9 Å². The third-order valence-electron chi connectivity index (χ3n) is 3.84. The van der Waals surface area contributed by atoms with E-state index in [4.69, 9.17) is 23.2 Å². The smallest absolute Gasteiger partial charge is 0.272 e. The first kappa shape index (κ1) is 19.6. The molecule has 0 radical (unpaired) electrons. The van der Waals surface area contributed by atoms with Crippen molar-refractivity contribution in [3.63, 3.8) is 0 Å². The van der Waals surface area contributed by atoms with Gasteiger partial charge in [0.05, 0.1) is 20.3 Å². The minimum absolute atomic E-state index is 0.0538. The topological polar surface area (TPSA) is 104 Å². The second kappa shape index (κ2) is 8.26. The lowest BCUT2D eigenvalue weighted by atomic mass is 10.2. The molecule has 0 spiro atoms. The van der Waals surface area contributed by atoms with Crippen molar-refractivity contribution in [3.05, 3.63) is 62.9 Å². The highest BCUT2D eigenvalue weighted by atomic mass is 35.5. The average molecular weight is 427 g/mol. The second-order valence-electron chi connectivity index (χ2n) is 5.70. The molecule has 142 valence electrons. The number of rotatable bonds is 7. The van der Waals surface area contributed by atoms with Crippen LogP contribution in [0.4, 0.5) is 5.82 Å². The van der Waals surface area contributed by atoms with Crippen LogP contribution >= 0.6 is 23.2 Å². The molecule has 0 saturated carbocycles. The maximum atomic E-state index is 12.3. The molecule has 0 amide bonds. The van der Waals surface area contributed by atoms with Gasteiger partial charge in [-0.2, -0.15) is 5.10 Å². The number of nitrogens with one attached hydrogen (secondary N) is 3. The summed E-state index contributed by atoms with van der Waals surface area (Å²) in [5.41, 5.74) is -0.259. The molecule has 0 saturated heterocycles. The fourth-order valence-corrected chi connectivity index (χ4v) is 3.94. The van der Waals surface area contributed by atoms with Gasteiger partial charge in [0.2, 0.25) is 10.0 Å². The zero-order valence-corrected chi connectivity index (χ0v) is 16.3. The van der Waals surface area contributed by atoms with Gasteiger partial charge in [-0.05, 0) is 30.7 Å². The number of aromatic nitrogens is 2. The van der Waals surface area contributed by atoms with Crippen molar-refractivity contribution in [2.75, 3.05) is 18.4 Å². The van der Waals surface area contributed by atoms with Gasteiger partial charge in [-0.1, -0.05) is 41.4 Å². The van der Waals surface area contributed by atoms with Gasteiger partial charge in [0.25, 0.3) is 5.56 Å². The van der Waals surface area contributed by atoms with Gasteiger partial charge in [0.15, 0.2) is 5.82 Å². The van der Waals surface area contributed by atoms with Gasteiger partial charge >= 0.3 is 0 Å². The molecule has 0 atom stereocenters. The van der Waals surface area contributed by atoms with Gasteiger partial charge in [-0.15, -0.1) is 0 Å². The first-order chi connectivity index (χ1) is 12.9. The third-order valence-corrected chi connectivity index (χ3v) is 6.03. The molecule has 0 unspecified atom stereocenters. The van der Waals surface area contributed by atoms with Crippen LogP contribution < -0.4 is 15.6 Å². The fourth-order valence-electron chi connectivity index (χ4n) is 2.48. The molecule has 1 heterocycles. The highest BCUT2D eigenvalue weighted by Crippen LogP contribution is 2.24. The van der Waals surface area contributed by atoms with Crippen LogP contribution in [0.1, 0.15) is 6.42 Å². The van der Waals surface area contributed by atoms with Gasteiger partial charge in [0.1, 0.15) is 0 Å². The lowest BCUT2D eigenvalue weighted by Crippen LogP contribution is -2.26. The van der Waals surface area contributed by atoms with E-state index in [0.29, 0.717) is 34.6 Å². The Bertz CT molecular complexity index is 1130. The number of benzene rings is 2. The van der Waals surface area contributed by atoms with Crippen LogP contribution in [0.25, 0.3) is 10.8 Å². The molecule has 3 aromatic rings. The Kier molecular flexibility index (Phi) is 6.01. The molecule has 1 aromatic heterocycles. The Morgan fingerprint density at radius 2 is 1.74 bits per heavy atom. The van der Waals surface area contributed by atoms with Gasteiger partial charge in [-0.3, -0.25) is 4.79 Å². The van der Waals surface area contributed by atoms with E-state index in [1.807, 2.05) is 6.07 Å². The summed E-state index contributed by atoms with van der Waals surface area (Å²) in [6, 6.07) is 11.2. The number of anilines is 1. The Balaban J connectivity index is 1.57. The number of aromatic amines is 1. The summed E-state index contributed by atoms with van der Waals surface area (Å²) >= 11 is 11.7. The van der Waals surface area contributed by atoms with E-state index in [2.05, 4.69) is 20.2 Å². The van der Waals surface area contributed by atoms with Crippen molar-refractivity contribution in [2.24, 2.45) is 0 Å². The number of sulfonamides is 1. The Labute approximate surface area is 165 Å². The predicted molar refractivity (Wildman–Crippen MR) is 107 cm³/mol. The van der Waals surface area contributed by atoms with Crippen molar-refractivity contribution in [2.45, 2.75) is 11.3 Å². The maximum Gasteiger partial charge on any atom is 0.272 e. The minimum atomic E-state index is -3.67. The van der Waals surface area contributed by atoms with E-state index in [0.717, 1.165) is 0 Å². The van der Waals surface area contributed by atoms with E-state index in [1.54, 1.807) is 18.2 Å². The van der Waals surface area contributed by atoms with Crippen LogP contribution in [0.15, 0.2) is 52.2 Å². The molecule has 0 aliphatic heterocycles. The summed E-state index contributed by atoms with van der Waals surface area (Å²) in [5, 5.41) is 11.3.